The van der Waals surface area contributed by atoms with Gasteiger partial charge in [-0.25, -0.2) is 0 Å². The maximum absolute atomic E-state index is 12.6. The van der Waals surface area contributed by atoms with Crippen molar-refractivity contribution in [1.29, 1.82) is 5.26 Å². The van der Waals surface area contributed by atoms with Crippen molar-refractivity contribution in [1.82, 2.24) is 4.57 Å². The minimum atomic E-state index is -0.410. The number of aryl methyl sites for hydroxylation is 2. The Morgan fingerprint density at radius 1 is 1.10 bits per heavy atom. The first-order chi connectivity index (χ1) is 14.9. The van der Waals surface area contributed by atoms with Gasteiger partial charge in [-0.2, -0.15) is 5.26 Å². The zero-order chi connectivity index (χ0) is 21.8. The van der Waals surface area contributed by atoms with Crippen molar-refractivity contribution in [3.63, 3.8) is 0 Å². The molecule has 5 heteroatoms. The molecule has 1 N–H and O–H groups in total. The lowest BCUT2D eigenvalue weighted by molar-refractivity contribution is -0.116. The molecule has 31 heavy (non-hydrogen) atoms. The van der Waals surface area contributed by atoms with E-state index in [2.05, 4.69) is 17.4 Å². The van der Waals surface area contributed by atoms with Crippen LogP contribution in [0.1, 0.15) is 60.9 Å². The van der Waals surface area contributed by atoms with Crippen molar-refractivity contribution in [3.8, 4) is 6.07 Å². The summed E-state index contributed by atoms with van der Waals surface area (Å²) in [4.78, 5) is 25.2. The zero-order valence-corrected chi connectivity index (χ0v) is 18.3. The summed E-state index contributed by atoms with van der Waals surface area (Å²) in [6.07, 6.45) is 8.25. The number of aromatic nitrogens is 1. The topological polar surface area (TPSA) is 74.9 Å². The van der Waals surface area contributed by atoms with E-state index in [0.717, 1.165) is 23.4 Å². The minimum Gasteiger partial charge on any atom is -0.325 e. The van der Waals surface area contributed by atoms with Crippen LogP contribution < -0.4 is 10.9 Å². The highest BCUT2D eigenvalue weighted by molar-refractivity contribution is 5.90. The van der Waals surface area contributed by atoms with Gasteiger partial charge in [0.1, 0.15) is 18.2 Å². The number of nitriles is 1. The molecular weight excluding hydrogens is 386 g/mol. The molecule has 4 fully saturated rings. The van der Waals surface area contributed by atoms with Gasteiger partial charge in [0.2, 0.25) is 5.91 Å². The molecule has 1 aromatic heterocycles. The monoisotopic (exact) mass is 415 g/mol. The van der Waals surface area contributed by atoms with Gasteiger partial charge in [0, 0.05) is 11.4 Å². The van der Waals surface area contributed by atoms with Crippen molar-refractivity contribution in [2.45, 2.75) is 64.3 Å². The van der Waals surface area contributed by atoms with E-state index in [0.29, 0.717) is 16.7 Å². The van der Waals surface area contributed by atoms with Crippen LogP contribution in [-0.4, -0.2) is 10.5 Å². The van der Waals surface area contributed by atoms with E-state index in [9.17, 15) is 14.9 Å². The molecule has 4 aliphatic carbocycles. The SMILES string of the molecule is Cc1cc(C)n(CC(=O)Nc2ccc(C34CC5CC(CC(C5)C3)C4)cc2)c(=O)c1C#N. The van der Waals surface area contributed by atoms with Crippen LogP contribution in [0.4, 0.5) is 5.69 Å². The Hall–Kier alpha value is -2.87. The zero-order valence-electron chi connectivity index (χ0n) is 18.3. The molecule has 5 nitrogen and oxygen atoms in total. The predicted octanol–water partition coefficient (Wildman–Crippen LogP) is 4.44. The normalized spacial score (nSPS) is 28.4. The second-order valence-corrected chi connectivity index (χ2v) is 10.2. The van der Waals surface area contributed by atoms with Crippen LogP contribution in [0, 0.1) is 42.9 Å². The van der Waals surface area contributed by atoms with Crippen molar-refractivity contribution in [2.75, 3.05) is 5.32 Å². The average Bonchev–Trinajstić information content (AvgIpc) is 2.71. The van der Waals surface area contributed by atoms with E-state index in [-0.39, 0.29) is 18.0 Å². The van der Waals surface area contributed by atoms with Gasteiger partial charge in [-0.15, -0.1) is 0 Å². The number of amides is 1. The predicted molar refractivity (Wildman–Crippen MR) is 120 cm³/mol. The van der Waals surface area contributed by atoms with Crippen LogP contribution in [0.5, 0.6) is 0 Å². The molecule has 4 aliphatic rings. The van der Waals surface area contributed by atoms with Gasteiger partial charge in [0.15, 0.2) is 0 Å². The molecule has 4 bridgehead atoms. The fourth-order valence-corrected chi connectivity index (χ4v) is 6.98. The lowest BCUT2D eigenvalue weighted by Crippen LogP contribution is -2.48. The van der Waals surface area contributed by atoms with E-state index >= 15 is 0 Å². The van der Waals surface area contributed by atoms with Crippen molar-refractivity contribution >= 4 is 11.6 Å². The van der Waals surface area contributed by atoms with Crippen LogP contribution >= 0.6 is 0 Å². The number of carbonyl (C=O) groups excluding carboxylic acids is 1. The molecule has 6 rings (SSSR count). The summed E-state index contributed by atoms with van der Waals surface area (Å²) in [6.45, 7) is 3.42. The number of anilines is 1. The number of benzene rings is 1. The molecule has 1 heterocycles. The van der Waals surface area contributed by atoms with Crippen LogP contribution in [0.25, 0.3) is 0 Å². The molecule has 0 unspecified atom stereocenters. The number of nitrogens with zero attached hydrogens (tertiary/aromatic N) is 2. The molecule has 0 saturated heterocycles. The summed E-state index contributed by atoms with van der Waals surface area (Å²) in [6, 6.07) is 12.1. The number of pyridine rings is 1. The van der Waals surface area contributed by atoms with Crippen LogP contribution in [0.2, 0.25) is 0 Å². The molecule has 1 amide bonds. The van der Waals surface area contributed by atoms with Gasteiger partial charge in [0.05, 0.1) is 0 Å². The number of hydrogen-bond acceptors (Lipinski definition) is 3. The molecule has 4 saturated carbocycles. The minimum absolute atomic E-state index is 0.0957. The number of hydrogen-bond donors (Lipinski definition) is 1. The largest absolute Gasteiger partial charge is 0.325 e. The highest BCUT2D eigenvalue weighted by Crippen LogP contribution is 2.60. The molecule has 2 aromatic rings. The number of nitrogens with one attached hydrogen (secondary N) is 1. The van der Waals surface area contributed by atoms with Crippen LogP contribution in [0.15, 0.2) is 35.1 Å². The number of rotatable bonds is 4. The first-order valence-electron chi connectivity index (χ1n) is 11.4. The standard InChI is InChI=1S/C26H29N3O2/c1-16-7-17(2)29(25(31)23(16)14-27)15-24(30)28-22-5-3-21(4-6-22)26-11-18-8-19(12-26)10-20(9-18)13-26/h3-7,18-20H,8-13,15H2,1-2H3,(H,28,30). The molecule has 1 aromatic carbocycles. The van der Waals surface area contributed by atoms with E-state index in [4.69, 9.17) is 0 Å². The van der Waals surface area contributed by atoms with E-state index in [1.807, 2.05) is 18.2 Å². The summed E-state index contributed by atoms with van der Waals surface area (Å²) in [5.74, 6) is 2.44. The van der Waals surface area contributed by atoms with Gasteiger partial charge in [-0.1, -0.05) is 12.1 Å². The average molecular weight is 416 g/mol. The van der Waals surface area contributed by atoms with Gasteiger partial charge in [-0.3, -0.25) is 9.59 Å². The Labute approximate surface area is 183 Å². The molecule has 0 spiro atoms. The first-order valence-corrected chi connectivity index (χ1v) is 11.4. The fourth-order valence-electron chi connectivity index (χ4n) is 6.98. The molecule has 0 atom stereocenters. The Morgan fingerprint density at radius 2 is 1.68 bits per heavy atom. The second kappa shape index (κ2) is 7.37. The van der Waals surface area contributed by atoms with E-state index in [1.165, 1.54) is 48.7 Å². The lowest BCUT2D eigenvalue weighted by Gasteiger charge is -2.57. The Morgan fingerprint density at radius 3 is 2.23 bits per heavy atom. The van der Waals surface area contributed by atoms with Crippen molar-refractivity contribution in [3.05, 3.63) is 63.1 Å². The third kappa shape index (κ3) is 3.48. The maximum atomic E-state index is 12.6. The second-order valence-electron chi connectivity index (χ2n) is 10.2. The first kappa shape index (κ1) is 20.1. The summed E-state index contributed by atoms with van der Waals surface area (Å²) < 4.78 is 1.37. The highest BCUT2D eigenvalue weighted by Gasteiger charge is 2.51. The van der Waals surface area contributed by atoms with Crippen molar-refractivity contribution < 1.29 is 4.79 Å². The molecule has 0 radical (unpaired) electrons. The van der Waals surface area contributed by atoms with Gasteiger partial charge in [-0.05, 0) is 105 Å². The van der Waals surface area contributed by atoms with Gasteiger partial charge < -0.3 is 9.88 Å². The summed E-state index contributed by atoms with van der Waals surface area (Å²) in [5.41, 5.74) is 3.52. The molecular formula is C26H29N3O2. The van der Waals surface area contributed by atoms with E-state index < -0.39 is 5.56 Å². The summed E-state index contributed by atoms with van der Waals surface area (Å²) >= 11 is 0. The lowest BCUT2D eigenvalue weighted by atomic mass is 9.48. The quantitative estimate of drug-likeness (QED) is 0.802. The Kier molecular flexibility index (Phi) is 4.77. The Bertz CT molecular complexity index is 1100. The van der Waals surface area contributed by atoms with Gasteiger partial charge >= 0.3 is 0 Å². The molecule has 160 valence electrons. The smallest absolute Gasteiger partial charge is 0.269 e. The van der Waals surface area contributed by atoms with Crippen LogP contribution in [0.3, 0.4) is 0 Å². The third-order valence-corrected chi connectivity index (χ3v) is 7.94. The highest BCUT2D eigenvalue weighted by atomic mass is 16.2. The summed E-state index contributed by atoms with van der Waals surface area (Å²) in [5, 5.41) is 12.2. The molecule has 0 aliphatic heterocycles. The van der Waals surface area contributed by atoms with E-state index in [1.54, 1.807) is 19.9 Å². The summed E-state index contributed by atoms with van der Waals surface area (Å²) in [7, 11) is 0. The fraction of sp³-hybridized carbons (Fsp3) is 0.500. The van der Waals surface area contributed by atoms with Gasteiger partial charge in [0.25, 0.3) is 5.56 Å². The number of carbonyl (C=O) groups is 1. The maximum Gasteiger partial charge on any atom is 0.269 e. The Balaban J connectivity index is 1.31. The third-order valence-electron chi connectivity index (χ3n) is 7.94. The van der Waals surface area contributed by atoms with Crippen LogP contribution in [-0.2, 0) is 16.8 Å². The van der Waals surface area contributed by atoms with Crippen molar-refractivity contribution in [2.24, 2.45) is 17.8 Å².